The standard InChI is InChI=1S/C23H25N3O4S2/c1-14-6-4-7-15(2)22(14)25-21(28)11-31-23-24-19-12-32(29,30)13-20(19)26(23)18-9-5-8-17(10-18)16(3)27/h4-10,19-20H,11-13H2,1-3H3,(H,25,28)/t19-,20-/m1/s1. The van der Waals surface area contributed by atoms with Gasteiger partial charge in [-0.15, -0.1) is 0 Å². The zero-order valence-electron chi connectivity index (χ0n) is 18.2. The van der Waals surface area contributed by atoms with Gasteiger partial charge in [-0.25, -0.2) is 8.42 Å². The molecule has 32 heavy (non-hydrogen) atoms. The first kappa shape index (κ1) is 22.5. The number of benzene rings is 2. The second-order valence-electron chi connectivity index (χ2n) is 8.20. The number of amides is 1. The van der Waals surface area contributed by atoms with Crippen molar-refractivity contribution < 1.29 is 18.0 Å². The van der Waals surface area contributed by atoms with E-state index in [1.807, 2.05) is 43.0 Å². The maximum Gasteiger partial charge on any atom is 0.234 e. The van der Waals surface area contributed by atoms with E-state index in [0.29, 0.717) is 16.4 Å². The minimum absolute atomic E-state index is 0.000767. The van der Waals surface area contributed by atoms with Crippen LogP contribution in [-0.2, 0) is 14.6 Å². The van der Waals surface area contributed by atoms with Gasteiger partial charge in [-0.1, -0.05) is 42.1 Å². The molecule has 7 nitrogen and oxygen atoms in total. The molecule has 9 heteroatoms. The zero-order valence-corrected chi connectivity index (χ0v) is 19.8. The Bertz CT molecular complexity index is 1200. The number of aliphatic imine (C=N–C) groups is 1. The molecule has 2 aliphatic heterocycles. The molecule has 1 fully saturated rings. The predicted molar refractivity (Wildman–Crippen MR) is 130 cm³/mol. The summed E-state index contributed by atoms with van der Waals surface area (Å²) in [6, 6.07) is 12.2. The molecule has 1 amide bonds. The Morgan fingerprint density at radius 2 is 1.81 bits per heavy atom. The van der Waals surface area contributed by atoms with Crippen LogP contribution in [0.15, 0.2) is 47.5 Å². The molecule has 2 aromatic rings. The lowest BCUT2D eigenvalue weighted by Crippen LogP contribution is -2.39. The van der Waals surface area contributed by atoms with E-state index in [-0.39, 0.29) is 41.0 Å². The lowest BCUT2D eigenvalue weighted by molar-refractivity contribution is -0.113. The van der Waals surface area contributed by atoms with Gasteiger partial charge in [0.2, 0.25) is 5.91 Å². The van der Waals surface area contributed by atoms with Crippen molar-refractivity contribution in [3.8, 4) is 0 Å². The van der Waals surface area contributed by atoms with Gasteiger partial charge >= 0.3 is 0 Å². The molecule has 0 bridgehead atoms. The van der Waals surface area contributed by atoms with Crippen molar-refractivity contribution >= 4 is 49.8 Å². The smallest absolute Gasteiger partial charge is 0.234 e. The summed E-state index contributed by atoms with van der Waals surface area (Å²) in [5.41, 5.74) is 4.04. The summed E-state index contributed by atoms with van der Waals surface area (Å²) < 4.78 is 24.4. The van der Waals surface area contributed by atoms with Crippen LogP contribution < -0.4 is 10.2 Å². The van der Waals surface area contributed by atoms with Gasteiger partial charge in [0, 0.05) is 16.9 Å². The third-order valence-electron chi connectivity index (χ3n) is 5.72. The first-order valence-electron chi connectivity index (χ1n) is 10.3. The Balaban J connectivity index is 1.55. The van der Waals surface area contributed by atoms with E-state index in [1.54, 1.807) is 18.2 Å². The molecule has 2 aliphatic rings. The third-order valence-corrected chi connectivity index (χ3v) is 8.38. The Morgan fingerprint density at radius 3 is 2.50 bits per heavy atom. The highest BCUT2D eigenvalue weighted by Crippen LogP contribution is 2.35. The molecule has 2 heterocycles. The van der Waals surface area contributed by atoms with E-state index >= 15 is 0 Å². The first-order valence-corrected chi connectivity index (χ1v) is 13.1. The number of nitrogens with one attached hydrogen (secondary N) is 1. The summed E-state index contributed by atoms with van der Waals surface area (Å²) in [5.74, 6) is -0.0802. The Hall–Kier alpha value is -2.65. The minimum atomic E-state index is -3.18. The van der Waals surface area contributed by atoms with Gasteiger partial charge < -0.3 is 10.2 Å². The van der Waals surface area contributed by atoms with Crippen molar-refractivity contribution in [1.29, 1.82) is 0 Å². The summed E-state index contributed by atoms with van der Waals surface area (Å²) in [6.07, 6.45) is 0. The van der Waals surface area contributed by atoms with Crippen LogP contribution in [0.25, 0.3) is 0 Å². The lowest BCUT2D eigenvalue weighted by Gasteiger charge is -2.26. The molecule has 0 unspecified atom stereocenters. The number of amidine groups is 1. The van der Waals surface area contributed by atoms with E-state index in [9.17, 15) is 18.0 Å². The fourth-order valence-corrected chi connectivity index (χ4v) is 6.89. The Kier molecular flexibility index (Phi) is 6.13. The summed E-state index contributed by atoms with van der Waals surface area (Å²) in [6.45, 7) is 5.39. The topological polar surface area (TPSA) is 95.9 Å². The number of fused-ring (bicyclic) bond motifs is 1. The van der Waals surface area contributed by atoms with E-state index in [1.165, 1.54) is 18.7 Å². The second-order valence-corrected chi connectivity index (χ2v) is 11.3. The molecule has 2 aromatic carbocycles. The second kappa shape index (κ2) is 8.71. The lowest BCUT2D eigenvalue weighted by atomic mass is 10.1. The highest BCUT2D eigenvalue weighted by molar-refractivity contribution is 8.14. The number of aryl methyl sites for hydroxylation is 2. The number of sulfone groups is 1. The molecule has 1 saturated heterocycles. The first-order chi connectivity index (χ1) is 15.1. The molecule has 0 aromatic heterocycles. The Labute approximate surface area is 192 Å². The van der Waals surface area contributed by atoms with Gasteiger partial charge in [-0.2, -0.15) is 0 Å². The van der Waals surface area contributed by atoms with Crippen LogP contribution in [-0.4, -0.2) is 54.6 Å². The maximum absolute atomic E-state index is 12.7. The van der Waals surface area contributed by atoms with Crippen molar-refractivity contribution in [3.05, 3.63) is 59.2 Å². The predicted octanol–water partition coefficient (Wildman–Crippen LogP) is 3.22. The number of carbonyl (C=O) groups excluding carboxylic acids is 2. The van der Waals surface area contributed by atoms with Crippen molar-refractivity contribution in [2.24, 2.45) is 4.99 Å². The molecule has 0 radical (unpaired) electrons. The molecule has 1 N–H and O–H groups in total. The van der Waals surface area contributed by atoms with Crippen molar-refractivity contribution in [1.82, 2.24) is 0 Å². The fourth-order valence-electron chi connectivity index (χ4n) is 4.13. The number of ketones is 1. The summed E-state index contributed by atoms with van der Waals surface area (Å²) in [5, 5.41) is 3.57. The van der Waals surface area contributed by atoms with Crippen LogP contribution in [0.3, 0.4) is 0 Å². The summed E-state index contributed by atoms with van der Waals surface area (Å²) in [4.78, 5) is 31.1. The van der Waals surface area contributed by atoms with Crippen LogP contribution in [0, 0.1) is 13.8 Å². The van der Waals surface area contributed by atoms with Crippen molar-refractivity contribution in [3.63, 3.8) is 0 Å². The number of para-hydroxylation sites is 1. The molecule has 0 aliphatic carbocycles. The normalized spacial score (nSPS) is 21.2. The summed E-state index contributed by atoms with van der Waals surface area (Å²) >= 11 is 1.28. The average Bonchev–Trinajstić information content (AvgIpc) is 3.20. The maximum atomic E-state index is 12.7. The monoisotopic (exact) mass is 471 g/mol. The van der Waals surface area contributed by atoms with Crippen LogP contribution in [0.5, 0.6) is 0 Å². The number of carbonyl (C=O) groups is 2. The molecular weight excluding hydrogens is 446 g/mol. The largest absolute Gasteiger partial charge is 0.325 e. The number of rotatable bonds is 5. The van der Waals surface area contributed by atoms with Gasteiger partial charge in [0.15, 0.2) is 20.8 Å². The SMILES string of the molecule is CC(=O)c1cccc(N2C(SCC(=O)Nc3c(C)cccc3C)=N[C@@H]3CS(=O)(=O)C[C@H]32)c1. The highest BCUT2D eigenvalue weighted by atomic mass is 32.2. The highest BCUT2D eigenvalue weighted by Gasteiger charge is 2.47. The van der Waals surface area contributed by atoms with E-state index in [2.05, 4.69) is 10.3 Å². The van der Waals surface area contributed by atoms with E-state index in [0.717, 1.165) is 16.8 Å². The number of nitrogens with zero attached hydrogens (tertiary/aromatic N) is 2. The van der Waals surface area contributed by atoms with Crippen molar-refractivity contribution in [2.45, 2.75) is 32.9 Å². The molecular formula is C23H25N3O4S2. The van der Waals surface area contributed by atoms with Gasteiger partial charge in [0.25, 0.3) is 0 Å². The van der Waals surface area contributed by atoms with Crippen LogP contribution >= 0.6 is 11.8 Å². The molecule has 0 saturated carbocycles. The number of hydrogen-bond acceptors (Lipinski definition) is 7. The number of hydrogen-bond donors (Lipinski definition) is 1. The summed E-state index contributed by atoms with van der Waals surface area (Å²) in [7, 11) is -3.18. The molecule has 4 rings (SSSR count). The number of Topliss-reactive ketones (excluding diaryl/α,β-unsaturated/α-hetero) is 1. The van der Waals surface area contributed by atoms with Gasteiger partial charge in [0.1, 0.15) is 0 Å². The molecule has 168 valence electrons. The van der Waals surface area contributed by atoms with Gasteiger partial charge in [-0.05, 0) is 44.0 Å². The average molecular weight is 472 g/mol. The quantitative estimate of drug-likeness (QED) is 0.673. The van der Waals surface area contributed by atoms with Gasteiger partial charge in [0.05, 0.1) is 29.3 Å². The third kappa shape index (κ3) is 4.59. The van der Waals surface area contributed by atoms with Crippen LogP contribution in [0.1, 0.15) is 28.4 Å². The van der Waals surface area contributed by atoms with E-state index in [4.69, 9.17) is 0 Å². The van der Waals surface area contributed by atoms with Crippen LogP contribution in [0.2, 0.25) is 0 Å². The van der Waals surface area contributed by atoms with Crippen molar-refractivity contribution in [2.75, 3.05) is 27.5 Å². The van der Waals surface area contributed by atoms with Gasteiger partial charge in [-0.3, -0.25) is 14.6 Å². The Morgan fingerprint density at radius 1 is 1.12 bits per heavy atom. The number of thioether (sulfide) groups is 1. The minimum Gasteiger partial charge on any atom is -0.325 e. The molecule has 2 atom stereocenters. The number of anilines is 2. The fraction of sp³-hybridized carbons (Fsp3) is 0.348. The van der Waals surface area contributed by atoms with Crippen LogP contribution in [0.4, 0.5) is 11.4 Å². The zero-order chi connectivity index (χ0) is 23.0. The van der Waals surface area contributed by atoms with E-state index < -0.39 is 9.84 Å². The molecule has 0 spiro atoms.